The van der Waals surface area contributed by atoms with E-state index in [4.69, 9.17) is 0 Å². The summed E-state index contributed by atoms with van der Waals surface area (Å²) in [5.41, 5.74) is 1.76. The summed E-state index contributed by atoms with van der Waals surface area (Å²) in [6.07, 6.45) is 7.06. The molecule has 0 atom stereocenters. The van der Waals surface area contributed by atoms with Gasteiger partial charge in [-0.1, -0.05) is 0 Å². The van der Waals surface area contributed by atoms with Crippen molar-refractivity contribution in [3.05, 3.63) is 42.5 Å². The molecule has 0 N–H and O–H groups in total. The Kier molecular flexibility index (Phi) is 2.26. The summed E-state index contributed by atoms with van der Waals surface area (Å²) in [6.45, 7) is 1.56. The Morgan fingerprint density at radius 2 is 2.12 bits per heavy atom. The average Bonchev–Trinajstić information content (AvgIpc) is 2.88. The Morgan fingerprint density at radius 1 is 1.35 bits per heavy atom. The maximum Gasteiger partial charge on any atom is 0.164 e. The van der Waals surface area contributed by atoms with Gasteiger partial charge in [0.15, 0.2) is 5.78 Å². The minimum Gasteiger partial charge on any atom is -0.294 e. The zero-order valence-corrected chi connectivity index (χ0v) is 9.94. The number of hydrogen-bond acceptors (Lipinski definition) is 4. The van der Waals surface area contributed by atoms with Gasteiger partial charge < -0.3 is 0 Å². The van der Waals surface area contributed by atoms with Gasteiger partial charge in [-0.25, -0.2) is 4.52 Å². The summed E-state index contributed by atoms with van der Waals surface area (Å²) < 4.78 is 1.75. The van der Waals surface area contributed by atoms with Crippen LogP contribution in [0, 0.1) is 0 Å². The molecule has 84 valence electrons. The van der Waals surface area contributed by atoms with Crippen molar-refractivity contribution in [1.29, 1.82) is 0 Å². The number of carbonyl (C=O) groups is 1. The fourth-order valence-corrected chi connectivity index (χ4v) is 2.79. The van der Waals surface area contributed by atoms with Gasteiger partial charge in [0.2, 0.25) is 0 Å². The highest BCUT2D eigenvalue weighted by atomic mass is 32.1. The summed E-state index contributed by atoms with van der Waals surface area (Å²) in [7, 11) is 0. The number of pyridine rings is 1. The first kappa shape index (κ1) is 10.2. The third-order valence-electron chi connectivity index (χ3n) is 2.54. The third kappa shape index (κ3) is 1.64. The molecule has 0 aliphatic heterocycles. The maximum absolute atomic E-state index is 11.4. The molecule has 0 unspecified atom stereocenters. The van der Waals surface area contributed by atoms with Crippen LogP contribution in [0.2, 0.25) is 0 Å². The van der Waals surface area contributed by atoms with E-state index in [1.807, 2.05) is 18.3 Å². The molecule has 3 aromatic rings. The molecule has 0 fully saturated rings. The predicted molar refractivity (Wildman–Crippen MR) is 66.3 cm³/mol. The molecule has 17 heavy (non-hydrogen) atoms. The van der Waals surface area contributed by atoms with E-state index < -0.39 is 0 Å². The molecule has 0 aromatic carbocycles. The summed E-state index contributed by atoms with van der Waals surface area (Å²) in [4.78, 5) is 17.4. The second-order valence-electron chi connectivity index (χ2n) is 3.70. The molecule has 3 rings (SSSR count). The molecule has 0 saturated carbocycles. The maximum atomic E-state index is 11.4. The van der Waals surface area contributed by atoms with Crippen LogP contribution in [0.4, 0.5) is 0 Å². The third-order valence-corrected chi connectivity index (χ3v) is 3.70. The Bertz CT molecular complexity index is 684. The van der Waals surface area contributed by atoms with E-state index in [2.05, 4.69) is 10.1 Å². The van der Waals surface area contributed by atoms with Gasteiger partial charge in [-0.3, -0.25) is 9.78 Å². The van der Waals surface area contributed by atoms with Crippen molar-refractivity contribution in [2.24, 2.45) is 0 Å². The Morgan fingerprint density at radius 3 is 2.82 bits per heavy atom. The van der Waals surface area contributed by atoms with Crippen LogP contribution in [0.25, 0.3) is 15.3 Å². The average molecular weight is 243 g/mol. The first-order valence-corrected chi connectivity index (χ1v) is 5.96. The fourth-order valence-electron chi connectivity index (χ4n) is 1.68. The molecule has 4 nitrogen and oxygen atoms in total. The lowest BCUT2D eigenvalue weighted by Gasteiger charge is -1.92. The fraction of sp³-hybridized carbons (Fsp3) is 0.0833. The lowest BCUT2D eigenvalue weighted by Crippen LogP contribution is -1.87. The molecule has 0 spiro atoms. The number of Topliss-reactive ketones (excluding diaryl/α,β-unsaturated/α-hetero) is 1. The summed E-state index contributed by atoms with van der Waals surface area (Å²) >= 11 is 1.56. The number of ketones is 1. The Balaban J connectivity index is 2.18. The van der Waals surface area contributed by atoms with Crippen molar-refractivity contribution >= 4 is 22.0 Å². The van der Waals surface area contributed by atoms with Crippen molar-refractivity contribution in [3.63, 3.8) is 0 Å². The molecule has 0 bridgehead atoms. The molecule has 0 amide bonds. The molecule has 0 aliphatic rings. The highest BCUT2D eigenvalue weighted by Gasteiger charge is 2.12. The van der Waals surface area contributed by atoms with Crippen molar-refractivity contribution in [3.8, 4) is 10.4 Å². The van der Waals surface area contributed by atoms with Gasteiger partial charge in [-0.15, -0.1) is 11.3 Å². The second-order valence-corrected chi connectivity index (χ2v) is 4.73. The van der Waals surface area contributed by atoms with Crippen LogP contribution in [-0.4, -0.2) is 20.4 Å². The van der Waals surface area contributed by atoms with E-state index in [1.165, 1.54) is 0 Å². The minimum atomic E-state index is 0.0446. The molecule has 3 aromatic heterocycles. The van der Waals surface area contributed by atoms with Gasteiger partial charge in [0.1, 0.15) is 4.83 Å². The number of thiazole rings is 1. The van der Waals surface area contributed by atoms with Crippen LogP contribution in [-0.2, 0) is 0 Å². The van der Waals surface area contributed by atoms with Crippen molar-refractivity contribution in [2.45, 2.75) is 6.92 Å². The van der Waals surface area contributed by atoms with Gasteiger partial charge in [0.05, 0.1) is 16.6 Å². The monoisotopic (exact) mass is 243 g/mol. The van der Waals surface area contributed by atoms with Gasteiger partial charge in [-0.2, -0.15) is 5.10 Å². The SMILES string of the molecule is CC(=O)c1cnn2cc(-c3ccncc3)sc12. The van der Waals surface area contributed by atoms with Gasteiger partial charge >= 0.3 is 0 Å². The number of carbonyl (C=O) groups excluding carboxylic acids is 1. The molecular weight excluding hydrogens is 234 g/mol. The number of rotatable bonds is 2. The first-order chi connectivity index (χ1) is 8.25. The van der Waals surface area contributed by atoms with Crippen LogP contribution in [0.3, 0.4) is 0 Å². The zero-order chi connectivity index (χ0) is 11.8. The van der Waals surface area contributed by atoms with Crippen LogP contribution < -0.4 is 0 Å². The largest absolute Gasteiger partial charge is 0.294 e. The summed E-state index contributed by atoms with van der Waals surface area (Å²) in [6, 6.07) is 3.89. The Hall–Kier alpha value is -2.01. The molecular formula is C12H9N3OS. The van der Waals surface area contributed by atoms with E-state index in [1.54, 1.807) is 41.4 Å². The standard InChI is InChI=1S/C12H9N3OS/c1-8(16)10-6-14-15-7-11(17-12(10)15)9-2-4-13-5-3-9/h2-7H,1H3. The van der Waals surface area contributed by atoms with E-state index in [0.717, 1.165) is 15.3 Å². The van der Waals surface area contributed by atoms with Gasteiger partial charge in [-0.05, 0) is 24.6 Å². The van der Waals surface area contributed by atoms with Crippen molar-refractivity contribution in [2.75, 3.05) is 0 Å². The molecule has 0 saturated heterocycles. The zero-order valence-electron chi connectivity index (χ0n) is 9.12. The molecule has 0 radical (unpaired) electrons. The lowest BCUT2D eigenvalue weighted by molar-refractivity contribution is 0.101. The van der Waals surface area contributed by atoms with Gasteiger partial charge in [0, 0.05) is 18.6 Å². The topological polar surface area (TPSA) is 47.3 Å². The number of hydrogen-bond donors (Lipinski definition) is 0. The van der Waals surface area contributed by atoms with E-state index in [-0.39, 0.29) is 5.78 Å². The molecule has 3 heterocycles. The number of fused-ring (bicyclic) bond motifs is 1. The van der Waals surface area contributed by atoms with E-state index in [9.17, 15) is 4.79 Å². The molecule has 0 aliphatic carbocycles. The van der Waals surface area contributed by atoms with Crippen molar-refractivity contribution < 1.29 is 4.79 Å². The second kappa shape index (κ2) is 3.78. The van der Waals surface area contributed by atoms with Crippen LogP contribution in [0.5, 0.6) is 0 Å². The first-order valence-electron chi connectivity index (χ1n) is 5.14. The lowest BCUT2D eigenvalue weighted by atomic mass is 10.2. The highest BCUT2D eigenvalue weighted by Crippen LogP contribution is 2.29. The van der Waals surface area contributed by atoms with Crippen LogP contribution >= 0.6 is 11.3 Å². The quantitative estimate of drug-likeness (QED) is 0.650. The normalized spacial score (nSPS) is 10.9. The number of nitrogens with zero attached hydrogens (tertiary/aromatic N) is 3. The summed E-state index contributed by atoms with van der Waals surface area (Å²) in [5, 5.41) is 4.18. The highest BCUT2D eigenvalue weighted by molar-refractivity contribution is 7.21. The van der Waals surface area contributed by atoms with Gasteiger partial charge in [0.25, 0.3) is 0 Å². The van der Waals surface area contributed by atoms with E-state index >= 15 is 0 Å². The van der Waals surface area contributed by atoms with Crippen molar-refractivity contribution in [1.82, 2.24) is 14.6 Å². The smallest absolute Gasteiger partial charge is 0.164 e. The van der Waals surface area contributed by atoms with Crippen LogP contribution in [0.15, 0.2) is 36.9 Å². The van der Waals surface area contributed by atoms with Crippen LogP contribution in [0.1, 0.15) is 17.3 Å². The Labute approximate surface area is 102 Å². The molecule has 5 heteroatoms. The van der Waals surface area contributed by atoms with E-state index in [0.29, 0.717) is 5.56 Å². The minimum absolute atomic E-state index is 0.0446. The predicted octanol–water partition coefficient (Wildman–Crippen LogP) is 2.66. The number of aromatic nitrogens is 3. The summed E-state index contributed by atoms with van der Waals surface area (Å²) in [5.74, 6) is 0.0446.